The second kappa shape index (κ2) is 8.19. The largest absolute Gasteiger partial charge is 0.468 e. The van der Waals surface area contributed by atoms with Gasteiger partial charge < -0.3 is 9.30 Å². The van der Waals surface area contributed by atoms with Gasteiger partial charge in [0.05, 0.1) is 23.7 Å². The molecule has 0 unspecified atom stereocenters. The lowest BCUT2D eigenvalue weighted by Gasteiger charge is -2.05. The minimum atomic E-state index is -0.414. The molecule has 0 bridgehead atoms. The SMILES string of the molecule is COC(=O)Cn1c(=NC(=O)Cc2cccc3ccccc23)sc2cc(Cl)ccc21. The molecule has 3 aromatic carbocycles. The maximum atomic E-state index is 12.8. The fourth-order valence-electron chi connectivity index (χ4n) is 3.23. The predicted octanol–water partition coefficient (Wildman–Crippen LogP) is 4.35. The summed E-state index contributed by atoms with van der Waals surface area (Å²) in [6.45, 7) is -0.0293. The number of aromatic nitrogens is 1. The molecule has 1 heterocycles. The Morgan fingerprint density at radius 1 is 1.10 bits per heavy atom. The van der Waals surface area contributed by atoms with Crippen LogP contribution in [0.15, 0.2) is 65.7 Å². The Morgan fingerprint density at radius 2 is 1.90 bits per heavy atom. The lowest BCUT2D eigenvalue weighted by atomic mass is 10.0. The van der Waals surface area contributed by atoms with E-state index in [2.05, 4.69) is 4.99 Å². The highest BCUT2D eigenvalue weighted by molar-refractivity contribution is 7.16. The van der Waals surface area contributed by atoms with E-state index < -0.39 is 5.97 Å². The Labute approximate surface area is 175 Å². The first kappa shape index (κ1) is 19.4. The van der Waals surface area contributed by atoms with Gasteiger partial charge in [-0.25, -0.2) is 0 Å². The standard InChI is InChI=1S/C22H17ClN2O3S/c1-28-21(27)13-25-18-10-9-16(23)12-19(18)29-22(25)24-20(26)11-15-7-4-6-14-5-2-3-8-17(14)15/h2-10,12H,11,13H2,1H3. The van der Waals surface area contributed by atoms with Crippen molar-refractivity contribution in [3.8, 4) is 0 Å². The Kier molecular flexibility index (Phi) is 5.47. The average Bonchev–Trinajstić information content (AvgIpc) is 3.03. The van der Waals surface area contributed by atoms with E-state index in [1.807, 2.05) is 48.5 Å². The number of hydrogen-bond acceptors (Lipinski definition) is 4. The zero-order chi connectivity index (χ0) is 20.4. The highest BCUT2D eigenvalue weighted by Gasteiger charge is 2.13. The summed E-state index contributed by atoms with van der Waals surface area (Å²) in [6, 6.07) is 19.2. The Hall–Kier alpha value is -2.96. The lowest BCUT2D eigenvalue weighted by molar-refractivity contribution is -0.141. The lowest BCUT2D eigenvalue weighted by Crippen LogP contribution is -2.22. The maximum absolute atomic E-state index is 12.8. The molecule has 0 aliphatic heterocycles. The van der Waals surface area contributed by atoms with Crippen molar-refractivity contribution >= 4 is 55.8 Å². The molecule has 0 aliphatic rings. The summed E-state index contributed by atoms with van der Waals surface area (Å²) in [4.78, 5) is 29.4. The number of benzene rings is 3. The third-order valence-electron chi connectivity index (χ3n) is 4.60. The number of thiazole rings is 1. The zero-order valence-electron chi connectivity index (χ0n) is 15.6. The van der Waals surface area contributed by atoms with Crippen LogP contribution in [0.25, 0.3) is 21.0 Å². The fraction of sp³-hybridized carbons (Fsp3) is 0.136. The van der Waals surface area contributed by atoms with Crippen LogP contribution in [0.1, 0.15) is 5.56 Å². The number of rotatable bonds is 4. The van der Waals surface area contributed by atoms with Gasteiger partial charge in [-0.1, -0.05) is 65.4 Å². The molecule has 0 N–H and O–H groups in total. The molecule has 1 amide bonds. The molecule has 146 valence electrons. The van der Waals surface area contributed by atoms with Gasteiger partial charge in [-0.3, -0.25) is 9.59 Å². The van der Waals surface area contributed by atoms with Gasteiger partial charge in [-0.05, 0) is 34.5 Å². The molecule has 7 heteroatoms. The molecule has 0 spiro atoms. The number of nitrogens with zero attached hydrogens (tertiary/aromatic N) is 2. The zero-order valence-corrected chi connectivity index (χ0v) is 17.2. The first-order valence-corrected chi connectivity index (χ1v) is 10.1. The molecule has 0 saturated carbocycles. The molecule has 0 fully saturated rings. The minimum Gasteiger partial charge on any atom is -0.468 e. The number of esters is 1. The summed E-state index contributed by atoms with van der Waals surface area (Å²) in [5.41, 5.74) is 1.70. The van der Waals surface area contributed by atoms with Crippen molar-refractivity contribution in [2.24, 2.45) is 4.99 Å². The molecular formula is C22H17ClN2O3S. The van der Waals surface area contributed by atoms with Crippen LogP contribution in [-0.2, 0) is 27.3 Å². The van der Waals surface area contributed by atoms with Gasteiger partial charge >= 0.3 is 5.97 Å². The highest BCUT2D eigenvalue weighted by atomic mass is 35.5. The number of carbonyl (C=O) groups is 2. The van der Waals surface area contributed by atoms with Crippen LogP contribution in [-0.4, -0.2) is 23.6 Å². The van der Waals surface area contributed by atoms with Gasteiger partial charge in [-0.2, -0.15) is 4.99 Å². The van der Waals surface area contributed by atoms with Crippen molar-refractivity contribution < 1.29 is 14.3 Å². The minimum absolute atomic E-state index is 0.0293. The molecule has 0 saturated heterocycles. The van der Waals surface area contributed by atoms with Crippen molar-refractivity contribution in [1.29, 1.82) is 0 Å². The van der Waals surface area contributed by atoms with E-state index in [4.69, 9.17) is 16.3 Å². The first-order chi connectivity index (χ1) is 14.0. The predicted molar refractivity (Wildman–Crippen MR) is 115 cm³/mol. The van der Waals surface area contributed by atoms with Crippen molar-refractivity contribution in [2.45, 2.75) is 13.0 Å². The van der Waals surface area contributed by atoms with E-state index in [0.717, 1.165) is 26.6 Å². The van der Waals surface area contributed by atoms with Crippen LogP contribution in [0.5, 0.6) is 0 Å². The summed E-state index contributed by atoms with van der Waals surface area (Å²) in [7, 11) is 1.33. The average molecular weight is 425 g/mol. The number of amides is 1. The van der Waals surface area contributed by atoms with E-state index in [1.165, 1.54) is 18.4 Å². The van der Waals surface area contributed by atoms with Gasteiger partial charge in [-0.15, -0.1) is 0 Å². The highest BCUT2D eigenvalue weighted by Crippen LogP contribution is 2.22. The van der Waals surface area contributed by atoms with Crippen LogP contribution < -0.4 is 4.80 Å². The van der Waals surface area contributed by atoms with Crippen LogP contribution in [0, 0.1) is 0 Å². The molecule has 1 aromatic heterocycles. The Bertz CT molecular complexity index is 1300. The molecule has 29 heavy (non-hydrogen) atoms. The maximum Gasteiger partial charge on any atom is 0.325 e. The van der Waals surface area contributed by atoms with Gasteiger partial charge in [0, 0.05) is 5.02 Å². The second-order valence-electron chi connectivity index (χ2n) is 6.48. The summed E-state index contributed by atoms with van der Waals surface area (Å²) in [6.07, 6.45) is 0.175. The fourth-order valence-corrected chi connectivity index (χ4v) is 4.56. The summed E-state index contributed by atoms with van der Waals surface area (Å²) >= 11 is 7.41. The number of ether oxygens (including phenoxy) is 1. The summed E-state index contributed by atoms with van der Waals surface area (Å²) < 4.78 is 7.32. The van der Waals surface area contributed by atoms with Crippen molar-refractivity contribution in [3.63, 3.8) is 0 Å². The van der Waals surface area contributed by atoms with Gasteiger partial charge in [0.1, 0.15) is 6.54 Å². The van der Waals surface area contributed by atoms with Gasteiger partial charge in [0.15, 0.2) is 4.80 Å². The van der Waals surface area contributed by atoms with Crippen molar-refractivity contribution in [2.75, 3.05) is 7.11 Å². The number of hydrogen-bond donors (Lipinski definition) is 0. The van der Waals surface area contributed by atoms with Crippen LogP contribution in [0.2, 0.25) is 5.02 Å². The quantitative estimate of drug-likeness (QED) is 0.457. The molecule has 0 radical (unpaired) electrons. The summed E-state index contributed by atoms with van der Waals surface area (Å²) in [5, 5.41) is 2.69. The van der Waals surface area contributed by atoms with Crippen molar-refractivity contribution in [3.05, 3.63) is 76.1 Å². The molecular weight excluding hydrogens is 408 g/mol. The molecule has 0 atom stereocenters. The molecule has 4 aromatic rings. The molecule has 0 aliphatic carbocycles. The van der Waals surface area contributed by atoms with Crippen LogP contribution >= 0.6 is 22.9 Å². The van der Waals surface area contributed by atoms with E-state index >= 15 is 0 Å². The van der Waals surface area contributed by atoms with E-state index in [1.54, 1.807) is 16.7 Å². The van der Waals surface area contributed by atoms with Gasteiger partial charge in [0.2, 0.25) is 0 Å². The van der Waals surface area contributed by atoms with Crippen LogP contribution in [0.3, 0.4) is 0 Å². The van der Waals surface area contributed by atoms with E-state index in [9.17, 15) is 9.59 Å². The number of methoxy groups -OCH3 is 1. The number of fused-ring (bicyclic) bond motifs is 2. The topological polar surface area (TPSA) is 60.7 Å². The van der Waals surface area contributed by atoms with E-state index in [-0.39, 0.29) is 18.9 Å². The first-order valence-electron chi connectivity index (χ1n) is 8.95. The summed E-state index contributed by atoms with van der Waals surface area (Å²) in [5.74, 6) is -0.694. The second-order valence-corrected chi connectivity index (χ2v) is 7.93. The Balaban J connectivity index is 1.75. The number of halogens is 1. The van der Waals surface area contributed by atoms with Crippen molar-refractivity contribution in [1.82, 2.24) is 4.57 Å². The third-order valence-corrected chi connectivity index (χ3v) is 5.88. The van der Waals surface area contributed by atoms with E-state index in [0.29, 0.717) is 9.82 Å². The monoisotopic (exact) mass is 424 g/mol. The number of carbonyl (C=O) groups excluding carboxylic acids is 2. The normalized spacial score (nSPS) is 11.9. The van der Waals surface area contributed by atoms with Crippen LogP contribution in [0.4, 0.5) is 0 Å². The Morgan fingerprint density at radius 3 is 2.72 bits per heavy atom. The third kappa shape index (κ3) is 4.09. The molecule has 5 nitrogen and oxygen atoms in total. The smallest absolute Gasteiger partial charge is 0.325 e. The van der Waals surface area contributed by atoms with Gasteiger partial charge in [0.25, 0.3) is 5.91 Å². The molecule has 4 rings (SSSR count).